The maximum atomic E-state index is 14.4. The number of carbonyl (C=O) groups is 3. The summed E-state index contributed by atoms with van der Waals surface area (Å²) in [5, 5.41) is 34.9. The molecule has 5 aliphatic carbocycles. The van der Waals surface area contributed by atoms with Crippen LogP contribution >= 0.6 is 0 Å². The van der Waals surface area contributed by atoms with Crippen molar-refractivity contribution in [3.8, 4) is 0 Å². The van der Waals surface area contributed by atoms with Gasteiger partial charge in [-0.15, -0.1) is 0 Å². The van der Waals surface area contributed by atoms with Crippen LogP contribution in [0.5, 0.6) is 0 Å². The number of hydrogen-bond acceptors (Lipinski definition) is 5. The van der Waals surface area contributed by atoms with Crippen molar-refractivity contribution in [1.29, 1.82) is 0 Å². The predicted octanol–water partition coefficient (Wildman–Crippen LogP) is 8.19. The molecule has 8 nitrogen and oxygen atoms in total. The molecule has 11 atom stereocenters. The highest BCUT2D eigenvalue weighted by Crippen LogP contribution is 2.77. The average molecular weight is 727 g/mol. The topological polar surface area (TPSA) is 136 Å². The lowest BCUT2D eigenvalue weighted by atomic mass is 9.32. The van der Waals surface area contributed by atoms with E-state index in [0.717, 1.165) is 90.0 Å². The van der Waals surface area contributed by atoms with Gasteiger partial charge in [-0.25, -0.2) is 4.79 Å². The number of carbonyl (C=O) groups excluding carboxylic acids is 2. The summed E-state index contributed by atoms with van der Waals surface area (Å²) in [6, 6.07) is -1.23. The van der Waals surface area contributed by atoms with E-state index in [1.807, 2.05) is 0 Å². The molecule has 0 aromatic heterocycles. The maximum absolute atomic E-state index is 14.4. The van der Waals surface area contributed by atoms with Crippen LogP contribution in [0.1, 0.15) is 164 Å². The second-order valence-electron chi connectivity index (χ2n) is 19.7. The van der Waals surface area contributed by atoms with Crippen molar-refractivity contribution < 1.29 is 29.7 Å². The van der Waals surface area contributed by atoms with Crippen molar-refractivity contribution in [2.75, 3.05) is 13.2 Å². The molecule has 5 aliphatic rings. The Morgan fingerprint density at radius 1 is 0.769 bits per heavy atom. The van der Waals surface area contributed by atoms with E-state index in [1.165, 1.54) is 31.3 Å². The van der Waals surface area contributed by atoms with E-state index in [1.54, 1.807) is 0 Å². The van der Waals surface area contributed by atoms with Crippen LogP contribution in [-0.4, -0.2) is 58.4 Å². The number of aliphatic carboxylic acids is 1. The third-order valence-corrected chi connectivity index (χ3v) is 16.9. The Morgan fingerprint density at radius 2 is 1.42 bits per heavy atom. The molecule has 8 heteroatoms. The van der Waals surface area contributed by atoms with Crippen molar-refractivity contribution in [2.24, 2.45) is 56.7 Å². The van der Waals surface area contributed by atoms with Crippen LogP contribution in [0.15, 0.2) is 12.2 Å². The first kappa shape index (κ1) is 41.2. The molecule has 2 amide bonds. The van der Waals surface area contributed by atoms with Crippen LogP contribution in [0.25, 0.3) is 0 Å². The van der Waals surface area contributed by atoms with Crippen LogP contribution in [-0.2, 0) is 14.4 Å². The van der Waals surface area contributed by atoms with Gasteiger partial charge in [0, 0.05) is 13.0 Å². The smallest absolute Gasteiger partial charge is 0.328 e. The number of nitrogens with one attached hydrogen (secondary N) is 2. The van der Waals surface area contributed by atoms with Crippen LogP contribution < -0.4 is 10.6 Å². The van der Waals surface area contributed by atoms with Crippen LogP contribution in [0.3, 0.4) is 0 Å². The molecular weight excluding hydrogens is 652 g/mol. The molecule has 0 aromatic rings. The molecule has 0 aromatic carbocycles. The molecule has 0 heterocycles. The summed E-state index contributed by atoms with van der Waals surface area (Å²) in [5.74, 6) is 1.32. The number of carboxylic acid groups (broad SMARTS) is 1. The molecule has 52 heavy (non-hydrogen) atoms. The average Bonchev–Trinajstić information content (AvgIpc) is 3.49. The van der Waals surface area contributed by atoms with Gasteiger partial charge in [0.25, 0.3) is 0 Å². The largest absolute Gasteiger partial charge is 0.480 e. The van der Waals surface area contributed by atoms with Gasteiger partial charge in [-0.05, 0) is 135 Å². The van der Waals surface area contributed by atoms with Gasteiger partial charge in [-0.2, -0.15) is 0 Å². The van der Waals surface area contributed by atoms with Crippen molar-refractivity contribution in [1.82, 2.24) is 10.6 Å². The van der Waals surface area contributed by atoms with E-state index in [4.69, 9.17) is 10.2 Å². The highest BCUT2D eigenvalue weighted by atomic mass is 16.4. The van der Waals surface area contributed by atoms with E-state index < -0.39 is 18.6 Å². The number of unbranched alkanes of at least 4 members (excludes halogenated alkanes) is 7. The Labute approximate surface area is 315 Å². The second-order valence-corrected chi connectivity index (χ2v) is 19.7. The SMILES string of the molecule is C=C(C)[C@@H]1CC[C@]2(C(=O)NCCCCCCCCCCC(=O)N[C@@H](CO)C(=O)O)CC[C@]3(C)[C@H](CCC4[C@@]5(C)CC[C@H](O)C(C)(C)[C@@H]5CC[C@]43C)[C@@H]12. The Bertz CT molecular complexity index is 1320. The molecule has 0 radical (unpaired) electrons. The quantitative estimate of drug-likeness (QED) is 0.0804. The monoisotopic (exact) mass is 727 g/mol. The van der Waals surface area contributed by atoms with Crippen LogP contribution in [0, 0.1) is 56.7 Å². The lowest BCUT2D eigenvalue weighted by Crippen LogP contribution is -2.67. The molecule has 0 bridgehead atoms. The molecule has 5 fully saturated rings. The van der Waals surface area contributed by atoms with Gasteiger partial charge in [0.2, 0.25) is 11.8 Å². The van der Waals surface area contributed by atoms with Gasteiger partial charge in [0.1, 0.15) is 6.04 Å². The Balaban J connectivity index is 1.12. The first-order valence-corrected chi connectivity index (χ1v) is 21.2. The Morgan fingerprint density at radius 3 is 2.06 bits per heavy atom. The zero-order valence-electron chi connectivity index (χ0n) is 33.7. The fraction of sp³-hybridized carbons (Fsp3) is 0.886. The number of amides is 2. The van der Waals surface area contributed by atoms with E-state index in [9.17, 15) is 19.5 Å². The lowest BCUT2D eigenvalue weighted by molar-refractivity contribution is -0.246. The summed E-state index contributed by atoms with van der Waals surface area (Å²) in [5.41, 5.74) is 1.65. The third kappa shape index (κ3) is 7.27. The van der Waals surface area contributed by atoms with Crippen LogP contribution in [0.2, 0.25) is 0 Å². The normalized spacial score (nSPS) is 39.6. The van der Waals surface area contributed by atoms with Crippen molar-refractivity contribution in [3.63, 3.8) is 0 Å². The first-order chi connectivity index (χ1) is 24.5. The lowest BCUT2D eigenvalue weighted by Gasteiger charge is -2.72. The Kier molecular flexibility index (Phi) is 12.7. The molecule has 5 N–H and O–H groups in total. The second kappa shape index (κ2) is 16.0. The predicted molar refractivity (Wildman–Crippen MR) is 206 cm³/mol. The zero-order chi connectivity index (χ0) is 38.1. The minimum absolute atomic E-state index is 0.0393. The van der Waals surface area contributed by atoms with E-state index >= 15 is 0 Å². The molecule has 0 spiro atoms. The molecule has 0 aliphatic heterocycles. The minimum Gasteiger partial charge on any atom is -0.480 e. The van der Waals surface area contributed by atoms with Gasteiger partial charge in [-0.1, -0.05) is 85.3 Å². The Hall–Kier alpha value is -1.93. The summed E-state index contributed by atoms with van der Waals surface area (Å²) in [6.45, 7) is 19.4. The first-order valence-electron chi connectivity index (χ1n) is 21.2. The van der Waals surface area contributed by atoms with Crippen LogP contribution in [0.4, 0.5) is 0 Å². The molecule has 1 unspecified atom stereocenters. The summed E-state index contributed by atoms with van der Waals surface area (Å²) in [4.78, 5) is 37.3. The zero-order valence-corrected chi connectivity index (χ0v) is 33.7. The van der Waals surface area contributed by atoms with Gasteiger partial charge < -0.3 is 26.0 Å². The minimum atomic E-state index is -1.23. The summed E-state index contributed by atoms with van der Waals surface area (Å²) in [6.07, 6.45) is 19.4. The molecular formula is C44H74N2O6. The van der Waals surface area contributed by atoms with Crippen molar-refractivity contribution in [2.45, 2.75) is 176 Å². The van der Waals surface area contributed by atoms with Gasteiger partial charge in [-0.3, -0.25) is 9.59 Å². The van der Waals surface area contributed by atoms with Gasteiger partial charge in [0.15, 0.2) is 0 Å². The summed E-state index contributed by atoms with van der Waals surface area (Å²) >= 11 is 0. The standard InChI is InChI=1S/C44H74N2O6/c1-29(2)30-19-24-44(39(52)45-27-15-13-11-9-8-10-12-14-16-36(49)46-32(28-47)38(50)51)26-25-42(6)31(37(30)44)17-18-34-41(5)22-21-35(48)40(3,4)33(41)20-23-43(34,42)7/h30-35,37,47-48H,1,8-28H2,2-7H3,(H,45,52)(H,46,49)(H,50,51)/t30-,31+,32-,33-,34?,35-,37+,41-,42+,43+,44-/m0/s1. The third-order valence-electron chi connectivity index (χ3n) is 16.9. The molecule has 5 rings (SSSR count). The van der Waals surface area contributed by atoms with Crippen molar-refractivity contribution >= 4 is 17.8 Å². The van der Waals surface area contributed by atoms with E-state index in [-0.39, 0.29) is 45.5 Å². The fourth-order valence-electron chi connectivity index (χ4n) is 13.8. The molecule has 0 saturated heterocycles. The summed E-state index contributed by atoms with van der Waals surface area (Å²) in [7, 11) is 0. The molecule has 296 valence electrons. The fourth-order valence-corrected chi connectivity index (χ4v) is 13.8. The number of allylic oxidation sites excluding steroid dienone is 1. The number of hydrogen-bond donors (Lipinski definition) is 5. The maximum Gasteiger partial charge on any atom is 0.328 e. The molecule has 5 saturated carbocycles. The number of rotatable bonds is 16. The highest BCUT2D eigenvalue weighted by molar-refractivity contribution is 5.84. The number of carboxylic acids is 1. The number of aliphatic hydroxyl groups is 2. The van der Waals surface area contributed by atoms with E-state index in [2.05, 4.69) is 58.8 Å². The highest BCUT2D eigenvalue weighted by Gasteiger charge is 2.71. The number of aliphatic hydroxyl groups excluding tert-OH is 2. The van der Waals surface area contributed by atoms with Crippen molar-refractivity contribution in [3.05, 3.63) is 12.2 Å². The van der Waals surface area contributed by atoms with Gasteiger partial charge in [0.05, 0.1) is 18.1 Å². The van der Waals surface area contributed by atoms with Gasteiger partial charge >= 0.3 is 5.97 Å². The van der Waals surface area contributed by atoms with E-state index in [0.29, 0.717) is 41.9 Å². The number of fused-ring (bicyclic) bond motifs is 7. The summed E-state index contributed by atoms with van der Waals surface area (Å²) < 4.78 is 0.